The van der Waals surface area contributed by atoms with E-state index in [4.69, 9.17) is 4.43 Å². The van der Waals surface area contributed by atoms with E-state index < -0.39 is 19.3 Å². The molecule has 0 spiro atoms. The number of Topliss-reactive ketones (excluding diaryl/α,β-unsaturated/α-hetero) is 1. The monoisotopic (exact) mass is 501 g/mol. The van der Waals surface area contributed by atoms with Crippen LogP contribution in [-0.4, -0.2) is 30.4 Å². The first-order valence-electron chi connectivity index (χ1n) is 13.3. The summed E-state index contributed by atoms with van der Waals surface area (Å²) in [4.78, 5) is 13.5. The summed E-state index contributed by atoms with van der Waals surface area (Å²) >= 11 is 0. The lowest BCUT2D eigenvalue weighted by Crippen LogP contribution is -2.67. The van der Waals surface area contributed by atoms with Gasteiger partial charge in [-0.1, -0.05) is 88.4 Å². The number of carbonyl (C=O) groups excluding carboxylic acids is 1. The summed E-state index contributed by atoms with van der Waals surface area (Å²) in [6, 6.07) is 25.2. The van der Waals surface area contributed by atoms with Crippen LogP contribution in [0.1, 0.15) is 59.1 Å². The fourth-order valence-corrected chi connectivity index (χ4v) is 11.6. The van der Waals surface area contributed by atoms with Crippen molar-refractivity contribution in [3.8, 4) is 0 Å². The Hall–Kier alpha value is -2.47. The number of rotatable bonds is 6. The van der Waals surface area contributed by atoms with E-state index in [1.165, 1.54) is 10.4 Å². The molecule has 5 rings (SSSR count). The summed E-state index contributed by atoms with van der Waals surface area (Å²) in [5.74, 6) is 0.175. The minimum absolute atomic E-state index is 0.0439. The van der Waals surface area contributed by atoms with Gasteiger partial charge in [0.15, 0.2) is 11.4 Å². The van der Waals surface area contributed by atoms with Crippen LogP contribution in [0.5, 0.6) is 0 Å². The Bertz CT molecular complexity index is 1180. The maximum atomic E-state index is 13.5. The predicted octanol–water partition coefficient (Wildman–Crippen LogP) is 5.03. The SMILES string of the molecule is CC(C)(C)[Si](OCC[C@@]1(C)[C@@H]2CCCC(=O)[C@@]1(O)c1cccn1C2)(c1ccccc1)c1ccccc1. The molecule has 1 aliphatic heterocycles. The van der Waals surface area contributed by atoms with Gasteiger partial charge in [0.2, 0.25) is 0 Å². The lowest BCUT2D eigenvalue weighted by Gasteiger charge is -2.52. The zero-order chi connectivity index (χ0) is 25.6. The van der Waals surface area contributed by atoms with Crippen molar-refractivity contribution in [1.29, 1.82) is 0 Å². The van der Waals surface area contributed by atoms with Gasteiger partial charge in [0.1, 0.15) is 0 Å². The highest BCUT2D eigenvalue weighted by molar-refractivity contribution is 6.99. The first-order valence-corrected chi connectivity index (χ1v) is 15.2. The molecule has 5 heteroatoms. The van der Waals surface area contributed by atoms with Gasteiger partial charge in [0.05, 0.1) is 5.69 Å². The summed E-state index contributed by atoms with van der Waals surface area (Å²) < 4.78 is 9.30. The lowest BCUT2D eigenvalue weighted by molar-refractivity contribution is -0.170. The fourth-order valence-electron chi connectivity index (χ4n) is 7.05. The molecule has 3 atom stereocenters. The van der Waals surface area contributed by atoms with Crippen molar-refractivity contribution < 1.29 is 14.3 Å². The highest BCUT2D eigenvalue weighted by Gasteiger charge is 2.61. The second-order valence-electron chi connectivity index (χ2n) is 11.9. The Morgan fingerprint density at radius 1 is 1.00 bits per heavy atom. The van der Waals surface area contributed by atoms with Crippen LogP contribution in [0.15, 0.2) is 79.0 Å². The summed E-state index contributed by atoms with van der Waals surface area (Å²) in [6.07, 6.45) is 4.85. The van der Waals surface area contributed by atoms with E-state index in [1.54, 1.807) is 0 Å². The minimum Gasteiger partial charge on any atom is -0.407 e. The summed E-state index contributed by atoms with van der Waals surface area (Å²) in [7, 11) is -2.69. The predicted molar refractivity (Wildman–Crippen MR) is 147 cm³/mol. The Kier molecular flexibility index (Phi) is 6.38. The maximum Gasteiger partial charge on any atom is 0.261 e. The van der Waals surface area contributed by atoms with Crippen molar-refractivity contribution in [3.63, 3.8) is 0 Å². The van der Waals surface area contributed by atoms with E-state index in [-0.39, 0.29) is 16.7 Å². The number of hydrogen-bond donors (Lipinski definition) is 1. The molecule has 190 valence electrons. The molecule has 1 N–H and O–H groups in total. The second-order valence-corrected chi connectivity index (χ2v) is 16.3. The Labute approximate surface area is 216 Å². The average molecular weight is 502 g/mol. The smallest absolute Gasteiger partial charge is 0.261 e. The fraction of sp³-hybridized carbons (Fsp3) is 0.452. The minimum atomic E-state index is -2.69. The molecule has 2 aliphatic rings. The normalized spacial score (nSPS) is 26.4. The zero-order valence-electron chi connectivity index (χ0n) is 22.0. The maximum absolute atomic E-state index is 13.5. The molecular formula is C31H39NO3Si. The highest BCUT2D eigenvalue weighted by atomic mass is 28.4. The Balaban J connectivity index is 1.54. The number of hydrogen-bond acceptors (Lipinski definition) is 3. The van der Waals surface area contributed by atoms with Crippen molar-refractivity contribution in [3.05, 3.63) is 84.7 Å². The molecule has 4 nitrogen and oxygen atoms in total. The van der Waals surface area contributed by atoms with Crippen LogP contribution in [0.25, 0.3) is 0 Å². The van der Waals surface area contributed by atoms with Gasteiger partial charge in [0, 0.05) is 31.2 Å². The van der Waals surface area contributed by atoms with Gasteiger partial charge in [0.25, 0.3) is 8.32 Å². The van der Waals surface area contributed by atoms with Gasteiger partial charge in [-0.25, -0.2) is 0 Å². The first kappa shape index (κ1) is 25.2. The Morgan fingerprint density at radius 2 is 1.61 bits per heavy atom. The van der Waals surface area contributed by atoms with Crippen molar-refractivity contribution in [2.45, 2.75) is 70.6 Å². The average Bonchev–Trinajstić information content (AvgIpc) is 3.32. The van der Waals surface area contributed by atoms with Gasteiger partial charge in [-0.15, -0.1) is 0 Å². The number of carbonyl (C=O) groups is 1. The van der Waals surface area contributed by atoms with E-state index in [0.29, 0.717) is 19.4 Å². The number of aliphatic hydroxyl groups is 1. The van der Waals surface area contributed by atoms with Crippen LogP contribution >= 0.6 is 0 Å². The van der Waals surface area contributed by atoms with Crippen molar-refractivity contribution in [2.75, 3.05) is 6.61 Å². The van der Waals surface area contributed by atoms with Gasteiger partial charge in [-0.05, 0) is 52.7 Å². The molecule has 1 saturated carbocycles. The van der Waals surface area contributed by atoms with E-state index >= 15 is 0 Å². The molecule has 36 heavy (non-hydrogen) atoms. The highest BCUT2D eigenvalue weighted by Crippen LogP contribution is 2.56. The van der Waals surface area contributed by atoms with Crippen LogP contribution < -0.4 is 10.4 Å². The lowest BCUT2D eigenvalue weighted by atomic mass is 9.59. The topological polar surface area (TPSA) is 51.5 Å². The molecule has 3 aromatic rings. The third-order valence-electron chi connectivity index (χ3n) is 9.06. The molecule has 1 aliphatic carbocycles. The first-order chi connectivity index (χ1) is 17.1. The summed E-state index contributed by atoms with van der Waals surface area (Å²) in [6.45, 7) is 10.3. The summed E-state index contributed by atoms with van der Waals surface area (Å²) in [5.41, 5.74) is -1.32. The van der Waals surface area contributed by atoms with Gasteiger partial charge in [-0.3, -0.25) is 4.79 Å². The number of fused-ring (bicyclic) bond motifs is 4. The van der Waals surface area contributed by atoms with E-state index in [1.807, 2.05) is 18.3 Å². The molecule has 2 bridgehead atoms. The molecule has 2 heterocycles. The van der Waals surface area contributed by atoms with Crippen LogP contribution in [-0.2, 0) is 21.4 Å². The van der Waals surface area contributed by atoms with Crippen LogP contribution in [0.4, 0.5) is 0 Å². The summed E-state index contributed by atoms with van der Waals surface area (Å²) in [5, 5.41) is 14.6. The number of benzene rings is 2. The molecular weight excluding hydrogens is 462 g/mol. The van der Waals surface area contributed by atoms with Crippen molar-refractivity contribution in [2.24, 2.45) is 11.3 Å². The van der Waals surface area contributed by atoms with Gasteiger partial charge in [-0.2, -0.15) is 0 Å². The van der Waals surface area contributed by atoms with Crippen LogP contribution in [0.3, 0.4) is 0 Å². The molecule has 0 radical (unpaired) electrons. The molecule has 0 amide bonds. The van der Waals surface area contributed by atoms with Crippen LogP contribution in [0.2, 0.25) is 5.04 Å². The molecule has 1 aromatic heterocycles. The quantitative estimate of drug-likeness (QED) is 0.482. The third kappa shape index (κ3) is 3.67. The van der Waals surface area contributed by atoms with Crippen molar-refractivity contribution >= 4 is 24.5 Å². The Morgan fingerprint density at radius 3 is 2.19 bits per heavy atom. The van der Waals surface area contributed by atoms with E-state index in [2.05, 4.69) is 92.9 Å². The molecule has 1 fully saturated rings. The van der Waals surface area contributed by atoms with E-state index in [9.17, 15) is 9.90 Å². The van der Waals surface area contributed by atoms with Crippen LogP contribution in [0, 0.1) is 11.3 Å². The second kappa shape index (κ2) is 9.12. The standard InChI is InChI=1S/C31H39NO3Si/c1-29(2,3)36(25-14-7-5-8-15-25,26-16-9-6-10-17-26)35-22-20-30(4)24-13-11-19-28(33)31(30,34)27-18-12-21-32(27)23-24/h5-10,12,14-18,21,24,34H,11,13,19-20,22-23H2,1-4H3/t24-,30+,31+/m1/s1. The van der Waals surface area contributed by atoms with Gasteiger partial charge < -0.3 is 14.1 Å². The number of aromatic nitrogens is 1. The number of nitrogens with zero attached hydrogens (tertiary/aromatic N) is 1. The van der Waals surface area contributed by atoms with E-state index in [0.717, 1.165) is 25.1 Å². The van der Waals surface area contributed by atoms with Crippen molar-refractivity contribution in [1.82, 2.24) is 4.57 Å². The van der Waals surface area contributed by atoms with Gasteiger partial charge >= 0.3 is 0 Å². The molecule has 0 unspecified atom stereocenters. The molecule has 0 saturated heterocycles. The largest absolute Gasteiger partial charge is 0.407 e. The number of ketones is 1. The zero-order valence-corrected chi connectivity index (χ0v) is 23.0. The third-order valence-corrected chi connectivity index (χ3v) is 14.1. The molecule has 2 aromatic carbocycles.